The van der Waals surface area contributed by atoms with Crippen LogP contribution >= 0.6 is 0 Å². The van der Waals surface area contributed by atoms with Crippen LogP contribution in [0.5, 0.6) is 0 Å². The molecule has 0 bridgehead atoms. The maximum absolute atomic E-state index is 11.8. The SMILES string of the molecule is O=C(Cc1ccccc1)CN(CCO)CCO. The fraction of sp³-hybridized carbons (Fsp3) is 0.462. The molecule has 0 amide bonds. The molecule has 17 heavy (non-hydrogen) atoms. The van der Waals surface area contributed by atoms with E-state index >= 15 is 0 Å². The molecule has 0 aliphatic heterocycles. The largest absolute Gasteiger partial charge is 0.395 e. The fourth-order valence-electron chi connectivity index (χ4n) is 1.68. The summed E-state index contributed by atoms with van der Waals surface area (Å²) in [5.74, 6) is 0.0955. The van der Waals surface area contributed by atoms with Gasteiger partial charge in [-0.15, -0.1) is 0 Å². The van der Waals surface area contributed by atoms with Crippen LogP contribution in [0.2, 0.25) is 0 Å². The summed E-state index contributed by atoms with van der Waals surface area (Å²) >= 11 is 0. The Morgan fingerprint density at radius 3 is 2.18 bits per heavy atom. The van der Waals surface area contributed by atoms with E-state index in [0.29, 0.717) is 19.5 Å². The average Bonchev–Trinajstić information content (AvgIpc) is 2.30. The van der Waals surface area contributed by atoms with Gasteiger partial charge in [0.1, 0.15) is 0 Å². The van der Waals surface area contributed by atoms with Crippen LogP contribution in [0.4, 0.5) is 0 Å². The zero-order chi connectivity index (χ0) is 12.5. The van der Waals surface area contributed by atoms with E-state index in [9.17, 15) is 4.79 Å². The zero-order valence-corrected chi connectivity index (χ0v) is 9.88. The topological polar surface area (TPSA) is 60.8 Å². The van der Waals surface area contributed by atoms with E-state index in [2.05, 4.69) is 0 Å². The van der Waals surface area contributed by atoms with Gasteiger partial charge in [0.05, 0.1) is 19.8 Å². The third kappa shape index (κ3) is 5.58. The standard InChI is InChI=1S/C13H19NO3/c15-8-6-14(7-9-16)11-13(17)10-12-4-2-1-3-5-12/h1-5,15-16H,6-11H2. The summed E-state index contributed by atoms with van der Waals surface area (Å²) in [7, 11) is 0. The molecular weight excluding hydrogens is 218 g/mol. The maximum Gasteiger partial charge on any atom is 0.151 e. The number of nitrogens with zero attached hydrogens (tertiary/aromatic N) is 1. The molecule has 1 aromatic rings. The van der Waals surface area contributed by atoms with Gasteiger partial charge in [0.2, 0.25) is 0 Å². The highest BCUT2D eigenvalue weighted by atomic mass is 16.3. The molecule has 0 saturated heterocycles. The summed E-state index contributed by atoms with van der Waals surface area (Å²) in [4.78, 5) is 13.5. The Kier molecular flexibility index (Phi) is 6.47. The van der Waals surface area contributed by atoms with Crippen LogP contribution in [0.1, 0.15) is 5.56 Å². The summed E-state index contributed by atoms with van der Waals surface area (Å²) in [5, 5.41) is 17.7. The fourth-order valence-corrected chi connectivity index (χ4v) is 1.68. The molecule has 4 heteroatoms. The van der Waals surface area contributed by atoms with Crippen molar-refractivity contribution in [1.82, 2.24) is 4.90 Å². The Bertz CT molecular complexity index is 321. The number of aliphatic hydroxyl groups excluding tert-OH is 2. The minimum absolute atomic E-state index is 0.00137. The van der Waals surface area contributed by atoms with Crippen LogP contribution in [-0.4, -0.2) is 53.7 Å². The average molecular weight is 237 g/mol. The lowest BCUT2D eigenvalue weighted by Gasteiger charge is -2.18. The molecule has 0 atom stereocenters. The highest BCUT2D eigenvalue weighted by molar-refractivity contribution is 5.82. The van der Waals surface area contributed by atoms with Crippen molar-refractivity contribution in [1.29, 1.82) is 0 Å². The van der Waals surface area contributed by atoms with Gasteiger partial charge in [-0.25, -0.2) is 0 Å². The van der Waals surface area contributed by atoms with E-state index in [1.54, 1.807) is 4.90 Å². The summed E-state index contributed by atoms with van der Waals surface area (Å²) < 4.78 is 0. The van der Waals surface area contributed by atoms with E-state index in [-0.39, 0.29) is 25.5 Å². The second-order valence-corrected chi connectivity index (χ2v) is 3.92. The molecule has 94 valence electrons. The van der Waals surface area contributed by atoms with Crippen molar-refractivity contribution in [3.8, 4) is 0 Å². The Balaban J connectivity index is 2.42. The lowest BCUT2D eigenvalue weighted by Crippen LogP contribution is -2.35. The Morgan fingerprint density at radius 2 is 1.65 bits per heavy atom. The lowest BCUT2D eigenvalue weighted by molar-refractivity contribution is -0.119. The third-order valence-corrected chi connectivity index (χ3v) is 2.48. The number of Topliss-reactive ketones (excluding diaryl/α,β-unsaturated/α-hetero) is 1. The molecule has 0 fully saturated rings. The summed E-state index contributed by atoms with van der Waals surface area (Å²) in [6.07, 6.45) is 0.397. The molecule has 0 aliphatic carbocycles. The number of carbonyl (C=O) groups excluding carboxylic acids is 1. The van der Waals surface area contributed by atoms with Crippen LogP contribution in [0.25, 0.3) is 0 Å². The van der Waals surface area contributed by atoms with Crippen LogP contribution in [0.3, 0.4) is 0 Å². The van der Waals surface area contributed by atoms with E-state index in [1.807, 2.05) is 30.3 Å². The molecule has 0 aromatic heterocycles. The zero-order valence-electron chi connectivity index (χ0n) is 9.88. The summed E-state index contributed by atoms with van der Waals surface area (Å²) in [6.45, 7) is 1.11. The lowest BCUT2D eigenvalue weighted by atomic mass is 10.1. The van der Waals surface area contributed by atoms with Crippen molar-refractivity contribution in [2.45, 2.75) is 6.42 Å². The van der Waals surface area contributed by atoms with Crippen LogP contribution < -0.4 is 0 Å². The molecule has 0 heterocycles. The maximum atomic E-state index is 11.8. The van der Waals surface area contributed by atoms with Gasteiger partial charge in [-0.3, -0.25) is 9.69 Å². The molecule has 0 radical (unpaired) electrons. The number of hydrogen-bond donors (Lipinski definition) is 2. The second kappa shape index (κ2) is 7.95. The molecule has 0 aliphatic rings. The molecule has 0 spiro atoms. The van der Waals surface area contributed by atoms with Crippen molar-refractivity contribution < 1.29 is 15.0 Å². The third-order valence-electron chi connectivity index (χ3n) is 2.48. The molecule has 4 nitrogen and oxygen atoms in total. The van der Waals surface area contributed by atoms with Crippen LogP contribution in [0.15, 0.2) is 30.3 Å². The highest BCUT2D eigenvalue weighted by Gasteiger charge is 2.10. The number of aliphatic hydroxyl groups is 2. The number of carbonyl (C=O) groups is 1. The van der Waals surface area contributed by atoms with Gasteiger partial charge in [-0.05, 0) is 5.56 Å². The number of ketones is 1. The first-order chi connectivity index (χ1) is 8.26. The van der Waals surface area contributed by atoms with Gasteiger partial charge in [0, 0.05) is 19.5 Å². The van der Waals surface area contributed by atoms with Crippen molar-refractivity contribution in [3.05, 3.63) is 35.9 Å². The van der Waals surface area contributed by atoms with Gasteiger partial charge in [-0.2, -0.15) is 0 Å². The molecule has 2 N–H and O–H groups in total. The van der Waals surface area contributed by atoms with Crippen molar-refractivity contribution in [2.75, 3.05) is 32.8 Å². The van der Waals surface area contributed by atoms with Gasteiger partial charge in [0.25, 0.3) is 0 Å². The van der Waals surface area contributed by atoms with E-state index in [0.717, 1.165) is 5.56 Å². The first kappa shape index (κ1) is 13.8. The van der Waals surface area contributed by atoms with Gasteiger partial charge < -0.3 is 10.2 Å². The van der Waals surface area contributed by atoms with E-state index in [4.69, 9.17) is 10.2 Å². The number of hydrogen-bond acceptors (Lipinski definition) is 4. The Hall–Kier alpha value is -1.23. The van der Waals surface area contributed by atoms with Crippen LogP contribution in [-0.2, 0) is 11.2 Å². The highest BCUT2D eigenvalue weighted by Crippen LogP contribution is 2.01. The molecule has 0 saturated carbocycles. The summed E-state index contributed by atoms with van der Waals surface area (Å²) in [6, 6.07) is 9.56. The van der Waals surface area contributed by atoms with Crippen molar-refractivity contribution >= 4 is 5.78 Å². The predicted octanol–water partition coefficient (Wildman–Crippen LogP) is 0.0848. The number of benzene rings is 1. The van der Waals surface area contributed by atoms with Crippen molar-refractivity contribution in [2.24, 2.45) is 0 Å². The quantitative estimate of drug-likeness (QED) is 0.672. The van der Waals surface area contributed by atoms with Gasteiger partial charge >= 0.3 is 0 Å². The summed E-state index contributed by atoms with van der Waals surface area (Å²) in [5.41, 5.74) is 0.991. The number of rotatable bonds is 8. The Morgan fingerprint density at radius 1 is 1.06 bits per heavy atom. The van der Waals surface area contributed by atoms with E-state index in [1.165, 1.54) is 0 Å². The Labute approximate surface area is 101 Å². The van der Waals surface area contributed by atoms with Crippen molar-refractivity contribution in [3.63, 3.8) is 0 Å². The first-order valence-corrected chi connectivity index (χ1v) is 5.76. The first-order valence-electron chi connectivity index (χ1n) is 5.76. The van der Waals surface area contributed by atoms with E-state index < -0.39 is 0 Å². The smallest absolute Gasteiger partial charge is 0.151 e. The monoisotopic (exact) mass is 237 g/mol. The second-order valence-electron chi connectivity index (χ2n) is 3.92. The molecule has 1 rings (SSSR count). The molecular formula is C13H19NO3. The van der Waals surface area contributed by atoms with Gasteiger partial charge in [-0.1, -0.05) is 30.3 Å². The van der Waals surface area contributed by atoms with Gasteiger partial charge in [0.15, 0.2) is 5.78 Å². The normalized spacial score (nSPS) is 10.8. The minimum Gasteiger partial charge on any atom is -0.395 e. The van der Waals surface area contributed by atoms with Crippen LogP contribution in [0, 0.1) is 0 Å². The molecule has 1 aromatic carbocycles. The molecule has 0 unspecified atom stereocenters. The predicted molar refractivity (Wildman–Crippen MR) is 65.8 cm³/mol. The minimum atomic E-state index is -0.00137.